The van der Waals surface area contributed by atoms with Gasteiger partial charge >= 0.3 is 0 Å². The minimum Gasteiger partial charge on any atom is -0.389 e. The molecule has 1 aliphatic heterocycles. The van der Waals surface area contributed by atoms with E-state index in [9.17, 15) is 0 Å². The van der Waals surface area contributed by atoms with E-state index in [1.54, 1.807) is 0 Å². The molecule has 2 N–H and O–H groups in total. The van der Waals surface area contributed by atoms with Crippen molar-refractivity contribution in [2.24, 2.45) is 5.92 Å². The Morgan fingerprint density at radius 1 is 1.12 bits per heavy atom. The Balaban J connectivity index is 0.000000547. The molecule has 2 rings (SSSR count). The number of rotatable bonds is 11. The van der Waals surface area contributed by atoms with Crippen LogP contribution < -0.4 is 10.6 Å². The van der Waals surface area contributed by atoms with Crippen LogP contribution in [0.2, 0.25) is 0 Å². The highest BCUT2D eigenvalue weighted by molar-refractivity contribution is 5.51. The van der Waals surface area contributed by atoms with Gasteiger partial charge in [0.2, 0.25) is 0 Å². The van der Waals surface area contributed by atoms with Crippen LogP contribution in [0.25, 0.3) is 0 Å². The second-order valence-electron chi connectivity index (χ2n) is 9.40. The predicted molar refractivity (Wildman–Crippen MR) is 144 cm³/mol. The predicted octanol–water partition coefficient (Wildman–Crippen LogP) is 7.32. The fourth-order valence-electron chi connectivity index (χ4n) is 4.54. The molecule has 3 nitrogen and oxygen atoms in total. The monoisotopic (exact) mass is 439 g/mol. The van der Waals surface area contributed by atoms with Crippen molar-refractivity contribution in [3.05, 3.63) is 65.5 Å². The van der Waals surface area contributed by atoms with Crippen LogP contribution in [0.15, 0.2) is 54.4 Å². The van der Waals surface area contributed by atoms with E-state index in [0.29, 0.717) is 0 Å². The molecule has 1 heterocycles. The van der Waals surface area contributed by atoms with Crippen molar-refractivity contribution in [1.29, 1.82) is 0 Å². The summed E-state index contributed by atoms with van der Waals surface area (Å²) >= 11 is 0. The summed E-state index contributed by atoms with van der Waals surface area (Å²) in [5.74, 6) is 0.869. The number of allylic oxidation sites excluding steroid dienone is 3. The lowest BCUT2D eigenvalue weighted by Crippen LogP contribution is -2.32. The molecular formula is C29H49N3. The van der Waals surface area contributed by atoms with Crippen LogP contribution in [0.5, 0.6) is 0 Å². The topological polar surface area (TPSA) is 27.3 Å². The number of nitrogens with zero attached hydrogens (tertiary/aromatic N) is 1. The normalized spacial score (nSPS) is 15.7. The van der Waals surface area contributed by atoms with Crippen molar-refractivity contribution in [1.82, 2.24) is 10.2 Å². The Kier molecular flexibility index (Phi) is 13.1. The first-order valence-corrected chi connectivity index (χ1v) is 12.5. The van der Waals surface area contributed by atoms with Crippen LogP contribution in [-0.4, -0.2) is 31.1 Å². The van der Waals surface area contributed by atoms with Crippen LogP contribution in [0, 0.1) is 5.92 Å². The SMILES string of the molecule is C=C(C)Nc1ccc(CC)c(CCC2CCN(C(CC)CC)C2)c1.C=C(C=C(C)C)NC. The number of benzene rings is 1. The van der Waals surface area contributed by atoms with Crippen molar-refractivity contribution in [3.63, 3.8) is 0 Å². The van der Waals surface area contributed by atoms with Crippen molar-refractivity contribution in [2.75, 3.05) is 25.5 Å². The highest BCUT2D eigenvalue weighted by Crippen LogP contribution is 2.27. The molecule has 3 heteroatoms. The molecular weight excluding hydrogens is 390 g/mol. The zero-order chi connectivity index (χ0) is 24.1. The molecule has 1 unspecified atom stereocenters. The number of nitrogens with one attached hydrogen (secondary N) is 2. The van der Waals surface area contributed by atoms with Crippen molar-refractivity contribution in [2.45, 2.75) is 86.1 Å². The van der Waals surface area contributed by atoms with Gasteiger partial charge in [0, 0.05) is 36.7 Å². The summed E-state index contributed by atoms with van der Waals surface area (Å²) in [4.78, 5) is 2.73. The summed E-state index contributed by atoms with van der Waals surface area (Å²) in [6.45, 7) is 23.3. The van der Waals surface area contributed by atoms with Gasteiger partial charge in [-0.1, -0.05) is 45.6 Å². The zero-order valence-electron chi connectivity index (χ0n) is 22.0. The molecule has 1 aromatic carbocycles. The highest BCUT2D eigenvalue weighted by Gasteiger charge is 2.26. The largest absolute Gasteiger partial charge is 0.389 e. The third-order valence-electron chi connectivity index (χ3n) is 6.33. The molecule has 0 saturated carbocycles. The molecule has 0 bridgehead atoms. The van der Waals surface area contributed by atoms with E-state index < -0.39 is 0 Å². The van der Waals surface area contributed by atoms with Gasteiger partial charge in [0.25, 0.3) is 0 Å². The third kappa shape index (κ3) is 10.1. The van der Waals surface area contributed by atoms with Crippen LogP contribution in [0.1, 0.15) is 78.4 Å². The second kappa shape index (κ2) is 14.9. The molecule has 0 spiro atoms. The molecule has 32 heavy (non-hydrogen) atoms. The number of anilines is 1. The molecule has 1 atom stereocenters. The zero-order valence-corrected chi connectivity index (χ0v) is 22.0. The lowest BCUT2D eigenvalue weighted by molar-refractivity contribution is 0.220. The number of hydrogen-bond acceptors (Lipinski definition) is 3. The lowest BCUT2D eigenvalue weighted by Gasteiger charge is -2.25. The Morgan fingerprint density at radius 3 is 2.31 bits per heavy atom. The van der Waals surface area contributed by atoms with Gasteiger partial charge in [-0.3, -0.25) is 0 Å². The van der Waals surface area contributed by atoms with Gasteiger partial charge in [-0.05, 0) is 101 Å². The molecule has 180 valence electrons. The maximum atomic E-state index is 3.96. The average molecular weight is 440 g/mol. The minimum atomic E-state index is 0.796. The first-order chi connectivity index (χ1) is 15.2. The summed E-state index contributed by atoms with van der Waals surface area (Å²) in [5.41, 5.74) is 7.43. The molecule has 0 radical (unpaired) electrons. The Bertz CT molecular complexity index is 739. The van der Waals surface area contributed by atoms with Gasteiger partial charge in [0.15, 0.2) is 0 Å². The fraction of sp³-hybridized carbons (Fsp3) is 0.586. The van der Waals surface area contributed by atoms with Crippen LogP contribution in [0.3, 0.4) is 0 Å². The molecule has 0 aliphatic carbocycles. The van der Waals surface area contributed by atoms with E-state index in [1.807, 2.05) is 33.9 Å². The van der Waals surface area contributed by atoms with Crippen molar-refractivity contribution >= 4 is 5.69 Å². The number of hydrogen-bond donors (Lipinski definition) is 2. The quantitative estimate of drug-likeness (QED) is 0.354. The second-order valence-corrected chi connectivity index (χ2v) is 9.40. The van der Waals surface area contributed by atoms with Crippen molar-refractivity contribution in [3.8, 4) is 0 Å². The molecule has 0 aromatic heterocycles. The lowest BCUT2D eigenvalue weighted by atomic mass is 9.94. The van der Waals surface area contributed by atoms with E-state index in [-0.39, 0.29) is 0 Å². The standard InChI is InChI=1S/C22H36N2.C7H13N/c1-6-19-11-12-21(23-17(4)5)15-20(19)10-9-18-13-14-24(16-18)22(7-2)8-3;1-6(2)5-7(3)8-4/h11-12,15,18,22-23H,4,6-10,13-14,16H2,1-3,5H3;5,8H,3H2,1-2,4H3. The maximum absolute atomic E-state index is 3.96. The molecule has 1 aromatic rings. The van der Waals surface area contributed by atoms with Crippen LogP contribution >= 0.6 is 0 Å². The van der Waals surface area contributed by atoms with E-state index in [1.165, 1.54) is 67.6 Å². The summed E-state index contributed by atoms with van der Waals surface area (Å²) in [6, 6.07) is 7.60. The molecule has 0 amide bonds. The summed E-state index contributed by atoms with van der Waals surface area (Å²) < 4.78 is 0. The highest BCUT2D eigenvalue weighted by atomic mass is 15.2. The van der Waals surface area contributed by atoms with E-state index in [0.717, 1.165) is 29.8 Å². The van der Waals surface area contributed by atoms with Gasteiger partial charge < -0.3 is 15.5 Å². The Labute approximate surface area is 199 Å². The first kappa shape index (κ1) is 28.0. The van der Waals surface area contributed by atoms with E-state index in [2.05, 4.69) is 67.7 Å². The Morgan fingerprint density at radius 2 is 1.81 bits per heavy atom. The average Bonchev–Trinajstić information content (AvgIpc) is 3.21. The summed E-state index contributed by atoms with van der Waals surface area (Å²) in [7, 11) is 1.86. The molecule has 1 aliphatic rings. The first-order valence-electron chi connectivity index (χ1n) is 12.5. The van der Waals surface area contributed by atoms with Gasteiger partial charge in [-0.25, -0.2) is 0 Å². The smallest absolute Gasteiger partial charge is 0.0384 e. The minimum absolute atomic E-state index is 0.796. The maximum Gasteiger partial charge on any atom is 0.0384 e. The van der Waals surface area contributed by atoms with Crippen LogP contribution in [-0.2, 0) is 12.8 Å². The number of likely N-dealkylation sites (N-methyl/N-ethyl adjacent to an activating group) is 1. The third-order valence-corrected chi connectivity index (χ3v) is 6.33. The van der Waals surface area contributed by atoms with Crippen molar-refractivity contribution < 1.29 is 0 Å². The van der Waals surface area contributed by atoms with E-state index in [4.69, 9.17) is 0 Å². The summed E-state index contributed by atoms with van der Waals surface area (Å²) in [6.07, 6.45) is 9.60. The summed E-state index contributed by atoms with van der Waals surface area (Å²) in [5, 5.41) is 6.28. The molecule has 1 saturated heterocycles. The number of aryl methyl sites for hydroxylation is 2. The fourth-order valence-corrected chi connectivity index (χ4v) is 4.54. The van der Waals surface area contributed by atoms with Gasteiger partial charge in [0.1, 0.15) is 0 Å². The molecule has 1 fully saturated rings. The Hall–Kier alpha value is -2.00. The van der Waals surface area contributed by atoms with Crippen LogP contribution in [0.4, 0.5) is 5.69 Å². The van der Waals surface area contributed by atoms with Gasteiger partial charge in [0.05, 0.1) is 0 Å². The van der Waals surface area contributed by atoms with Gasteiger partial charge in [-0.2, -0.15) is 0 Å². The van der Waals surface area contributed by atoms with E-state index >= 15 is 0 Å². The number of likely N-dealkylation sites (tertiary alicyclic amines) is 1. The van der Waals surface area contributed by atoms with Gasteiger partial charge in [-0.15, -0.1) is 0 Å².